The van der Waals surface area contributed by atoms with E-state index in [0.717, 1.165) is 57.5 Å². The molecule has 1 unspecified atom stereocenters. The van der Waals surface area contributed by atoms with Crippen molar-refractivity contribution >= 4 is 6.29 Å². The molecule has 1 aromatic rings. The van der Waals surface area contributed by atoms with Crippen molar-refractivity contribution in [3.05, 3.63) is 29.8 Å². The Morgan fingerprint density at radius 2 is 2.37 bits per heavy atom. The van der Waals surface area contributed by atoms with E-state index in [0.29, 0.717) is 0 Å². The number of hydrogen-bond acceptors (Lipinski definition) is 3. The molecule has 1 fully saturated rings. The minimum atomic E-state index is 0.242. The summed E-state index contributed by atoms with van der Waals surface area (Å²) in [5.41, 5.74) is 1.22. The van der Waals surface area contributed by atoms with Crippen molar-refractivity contribution in [2.45, 2.75) is 26.2 Å². The highest BCUT2D eigenvalue weighted by Crippen LogP contribution is 2.15. The van der Waals surface area contributed by atoms with Crippen molar-refractivity contribution in [3.63, 3.8) is 0 Å². The van der Waals surface area contributed by atoms with E-state index in [-0.39, 0.29) is 5.92 Å². The Hall–Kier alpha value is -1.35. The SMILES string of the molecule is Cc1cccc(OCCCN2CCCC(C=O)C2)c1. The maximum absolute atomic E-state index is 10.8. The van der Waals surface area contributed by atoms with E-state index in [2.05, 4.69) is 24.0 Å². The number of rotatable bonds is 6. The number of hydrogen-bond donors (Lipinski definition) is 0. The van der Waals surface area contributed by atoms with E-state index in [1.54, 1.807) is 0 Å². The van der Waals surface area contributed by atoms with Gasteiger partial charge in [-0.3, -0.25) is 0 Å². The number of carbonyl (C=O) groups is 1. The summed E-state index contributed by atoms with van der Waals surface area (Å²) in [5, 5.41) is 0. The van der Waals surface area contributed by atoms with Crippen LogP contribution in [-0.2, 0) is 4.79 Å². The molecule has 3 nitrogen and oxygen atoms in total. The van der Waals surface area contributed by atoms with E-state index in [9.17, 15) is 4.79 Å². The fourth-order valence-electron chi connectivity index (χ4n) is 2.59. The molecule has 1 saturated heterocycles. The van der Waals surface area contributed by atoms with Gasteiger partial charge in [0.2, 0.25) is 0 Å². The second kappa shape index (κ2) is 7.29. The Labute approximate surface area is 115 Å². The largest absolute Gasteiger partial charge is 0.494 e. The molecule has 0 saturated carbocycles. The van der Waals surface area contributed by atoms with Crippen LogP contribution in [0.4, 0.5) is 0 Å². The lowest BCUT2D eigenvalue weighted by Gasteiger charge is -2.29. The monoisotopic (exact) mass is 261 g/mol. The molecule has 3 heteroatoms. The Bertz CT molecular complexity index is 405. The molecule has 0 radical (unpaired) electrons. The van der Waals surface area contributed by atoms with Crippen LogP contribution in [0.15, 0.2) is 24.3 Å². The van der Waals surface area contributed by atoms with Crippen LogP contribution in [-0.4, -0.2) is 37.4 Å². The minimum absolute atomic E-state index is 0.242. The topological polar surface area (TPSA) is 29.5 Å². The van der Waals surface area contributed by atoms with Gasteiger partial charge in [0.05, 0.1) is 6.61 Å². The molecule has 1 aliphatic heterocycles. The summed E-state index contributed by atoms with van der Waals surface area (Å²) >= 11 is 0. The van der Waals surface area contributed by atoms with Gasteiger partial charge in [0.15, 0.2) is 0 Å². The fraction of sp³-hybridized carbons (Fsp3) is 0.562. The van der Waals surface area contributed by atoms with Gasteiger partial charge in [0.25, 0.3) is 0 Å². The minimum Gasteiger partial charge on any atom is -0.494 e. The third-order valence-electron chi connectivity index (χ3n) is 3.61. The lowest BCUT2D eigenvalue weighted by atomic mass is 10.00. The quantitative estimate of drug-likeness (QED) is 0.582. The van der Waals surface area contributed by atoms with Gasteiger partial charge < -0.3 is 14.4 Å². The standard InChI is InChI=1S/C16H23NO2/c1-14-5-2-7-16(11-14)19-10-4-9-17-8-3-6-15(12-17)13-18/h2,5,7,11,13,15H,3-4,6,8-10,12H2,1H3. The van der Waals surface area contributed by atoms with Gasteiger partial charge in [-0.15, -0.1) is 0 Å². The van der Waals surface area contributed by atoms with Crippen LogP contribution in [0.5, 0.6) is 5.75 Å². The number of piperidine rings is 1. The van der Waals surface area contributed by atoms with Crippen molar-refractivity contribution in [3.8, 4) is 5.75 Å². The van der Waals surface area contributed by atoms with Crippen LogP contribution in [0, 0.1) is 12.8 Å². The van der Waals surface area contributed by atoms with Crippen LogP contribution < -0.4 is 4.74 Å². The molecule has 1 heterocycles. The molecule has 104 valence electrons. The number of nitrogens with zero attached hydrogens (tertiary/aromatic N) is 1. The van der Waals surface area contributed by atoms with Gasteiger partial charge >= 0.3 is 0 Å². The molecule has 1 aromatic carbocycles. The van der Waals surface area contributed by atoms with Crippen LogP contribution in [0.2, 0.25) is 0 Å². The molecule has 2 rings (SSSR count). The molecular formula is C16H23NO2. The van der Waals surface area contributed by atoms with Gasteiger partial charge in [0, 0.05) is 19.0 Å². The zero-order valence-electron chi connectivity index (χ0n) is 11.7. The lowest BCUT2D eigenvalue weighted by molar-refractivity contribution is -0.112. The molecule has 0 aromatic heterocycles. The first kappa shape index (κ1) is 14.1. The van der Waals surface area contributed by atoms with E-state index >= 15 is 0 Å². The average Bonchev–Trinajstić information content (AvgIpc) is 2.44. The Morgan fingerprint density at radius 3 is 3.16 bits per heavy atom. The molecule has 0 bridgehead atoms. The van der Waals surface area contributed by atoms with Gasteiger partial charge in [0.1, 0.15) is 12.0 Å². The maximum Gasteiger partial charge on any atom is 0.124 e. The van der Waals surface area contributed by atoms with Crippen molar-refractivity contribution < 1.29 is 9.53 Å². The van der Waals surface area contributed by atoms with Crippen molar-refractivity contribution in [1.82, 2.24) is 4.90 Å². The molecular weight excluding hydrogens is 238 g/mol. The summed E-state index contributed by atoms with van der Waals surface area (Å²) in [5.74, 6) is 1.19. The summed E-state index contributed by atoms with van der Waals surface area (Å²) < 4.78 is 5.73. The number of ether oxygens (including phenoxy) is 1. The third kappa shape index (κ3) is 4.67. The second-order valence-corrected chi connectivity index (χ2v) is 5.36. The number of aldehydes is 1. The van der Waals surface area contributed by atoms with Gasteiger partial charge in [-0.2, -0.15) is 0 Å². The fourth-order valence-corrected chi connectivity index (χ4v) is 2.59. The Balaban J connectivity index is 1.65. The first-order valence-electron chi connectivity index (χ1n) is 7.15. The van der Waals surface area contributed by atoms with Gasteiger partial charge in [-0.25, -0.2) is 0 Å². The summed E-state index contributed by atoms with van der Waals surface area (Å²) in [6, 6.07) is 8.14. The van der Waals surface area contributed by atoms with Crippen LogP contribution in [0.1, 0.15) is 24.8 Å². The van der Waals surface area contributed by atoms with Crippen LogP contribution in [0.25, 0.3) is 0 Å². The summed E-state index contributed by atoms with van der Waals surface area (Å²) in [6.07, 6.45) is 4.32. The van der Waals surface area contributed by atoms with Crippen molar-refractivity contribution in [2.75, 3.05) is 26.2 Å². The average molecular weight is 261 g/mol. The maximum atomic E-state index is 10.8. The number of aryl methyl sites for hydroxylation is 1. The predicted molar refractivity (Wildman–Crippen MR) is 76.5 cm³/mol. The van der Waals surface area contributed by atoms with Crippen LogP contribution in [0.3, 0.4) is 0 Å². The highest BCUT2D eigenvalue weighted by atomic mass is 16.5. The Kier molecular flexibility index (Phi) is 5.40. The molecule has 1 atom stereocenters. The second-order valence-electron chi connectivity index (χ2n) is 5.36. The first-order valence-corrected chi connectivity index (χ1v) is 7.15. The van der Waals surface area contributed by atoms with E-state index < -0.39 is 0 Å². The number of benzene rings is 1. The van der Waals surface area contributed by atoms with Crippen molar-refractivity contribution in [2.24, 2.45) is 5.92 Å². The highest BCUT2D eigenvalue weighted by molar-refractivity contribution is 5.53. The molecule has 0 aliphatic carbocycles. The highest BCUT2D eigenvalue weighted by Gasteiger charge is 2.18. The molecule has 19 heavy (non-hydrogen) atoms. The zero-order valence-corrected chi connectivity index (χ0v) is 11.7. The summed E-state index contributed by atoms with van der Waals surface area (Å²) in [4.78, 5) is 13.2. The molecule has 0 amide bonds. The molecule has 0 spiro atoms. The molecule has 0 N–H and O–H groups in total. The van der Waals surface area contributed by atoms with E-state index in [1.807, 2.05) is 12.1 Å². The smallest absolute Gasteiger partial charge is 0.124 e. The van der Waals surface area contributed by atoms with Gasteiger partial charge in [-0.1, -0.05) is 12.1 Å². The van der Waals surface area contributed by atoms with E-state index in [4.69, 9.17) is 4.74 Å². The van der Waals surface area contributed by atoms with Crippen LogP contribution >= 0.6 is 0 Å². The Morgan fingerprint density at radius 1 is 1.47 bits per heavy atom. The summed E-state index contributed by atoms with van der Waals surface area (Å²) in [7, 11) is 0. The van der Waals surface area contributed by atoms with Gasteiger partial charge in [-0.05, 0) is 50.4 Å². The summed E-state index contributed by atoms with van der Waals surface area (Å²) in [6.45, 7) is 5.88. The number of likely N-dealkylation sites (tertiary alicyclic amines) is 1. The predicted octanol–water partition coefficient (Wildman–Crippen LogP) is 2.67. The number of carbonyl (C=O) groups excluding carboxylic acids is 1. The zero-order chi connectivity index (χ0) is 13.5. The van der Waals surface area contributed by atoms with E-state index in [1.165, 1.54) is 5.56 Å². The first-order chi connectivity index (χ1) is 9.28. The third-order valence-corrected chi connectivity index (χ3v) is 3.61. The normalized spacial score (nSPS) is 20.2. The lowest BCUT2D eigenvalue weighted by Crippen LogP contribution is -2.37. The van der Waals surface area contributed by atoms with Crippen molar-refractivity contribution in [1.29, 1.82) is 0 Å². The molecule has 1 aliphatic rings.